The number of para-hydroxylation sites is 1. The number of primary amides is 1. The van der Waals surface area contributed by atoms with Crippen molar-refractivity contribution in [3.63, 3.8) is 0 Å². The van der Waals surface area contributed by atoms with Crippen LogP contribution in [0.1, 0.15) is 34.3 Å². The Morgan fingerprint density at radius 2 is 1.51 bits per heavy atom. The summed E-state index contributed by atoms with van der Waals surface area (Å²) < 4.78 is 114. The third-order valence-corrected chi connectivity index (χ3v) is 8.78. The van der Waals surface area contributed by atoms with Crippen LogP contribution in [0.25, 0.3) is 32.8 Å². The van der Waals surface area contributed by atoms with Gasteiger partial charge in [-0.3, -0.25) is 14.4 Å². The predicted octanol–water partition coefficient (Wildman–Crippen LogP) is 7.62. The molecule has 280 valence electrons. The predicted molar refractivity (Wildman–Crippen MR) is 181 cm³/mol. The maximum Gasteiger partial charge on any atom is 0.417 e. The lowest BCUT2D eigenvalue weighted by molar-refractivity contribution is -0.137. The summed E-state index contributed by atoms with van der Waals surface area (Å²) >= 11 is 0. The number of carboxylic acids is 1. The van der Waals surface area contributed by atoms with E-state index in [4.69, 9.17) is 15.6 Å². The molecule has 0 atom stereocenters. The number of hydrogen-bond donors (Lipinski definition) is 2. The zero-order chi connectivity index (χ0) is 38.8. The van der Waals surface area contributed by atoms with Crippen molar-refractivity contribution < 1.29 is 54.6 Å². The van der Waals surface area contributed by atoms with Crippen LogP contribution < -0.4 is 16.2 Å². The Labute approximate surface area is 296 Å². The molecule has 2 heterocycles. The quantitative estimate of drug-likeness (QED) is 0.150. The molecule has 1 aromatic heterocycles. The largest absolute Gasteiger partial charge is 0.481 e. The first-order valence-corrected chi connectivity index (χ1v) is 16.0. The molecular formula is C37H31F8N3O5. The number of rotatable bonds is 9. The SMILES string of the molecule is Cn1c(=O)c(-c2cccc3c(CCC(=O)O)cccc23)c(C(F)(F)F)c2ccccc21.NC(=O)c1c(F)cc(N(CCC(F)(F)F)C2COC2)cc1F. The number of aromatic nitrogens is 1. The van der Waals surface area contributed by atoms with Crippen molar-refractivity contribution in [3.8, 4) is 11.1 Å². The second-order valence-electron chi connectivity index (χ2n) is 12.2. The fraction of sp³-hybridized carbons (Fsp3) is 0.270. The number of halogens is 8. The summed E-state index contributed by atoms with van der Waals surface area (Å²) in [5.74, 6) is -4.66. The number of ether oxygens (including phenoxy) is 1. The van der Waals surface area contributed by atoms with Crippen LogP contribution in [0.15, 0.2) is 77.6 Å². The monoisotopic (exact) mass is 749 g/mol. The molecule has 4 aromatic carbocycles. The van der Waals surface area contributed by atoms with E-state index in [1.54, 1.807) is 36.4 Å². The Morgan fingerprint density at radius 3 is 2.08 bits per heavy atom. The highest BCUT2D eigenvalue weighted by molar-refractivity contribution is 6.01. The number of nitrogens with two attached hydrogens (primary N) is 1. The van der Waals surface area contributed by atoms with Gasteiger partial charge in [0.15, 0.2) is 0 Å². The van der Waals surface area contributed by atoms with Crippen LogP contribution in [0.3, 0.4) is 0 Å². The van der Waals surface area contributed by atoms with E-state index in [0.29, 0.717) is 16.3 Å². The molecule has 8 nitrogen and oxygen atoms in total. The smallest absolute Gasteiger partial charge is 0.417 e. The van der Waals surface area contributed by atoms with E-state index in [0.717, 1.165) is 12.1 Å². The minimum absolute atomic E-state index is 0.0499. The van der Waals surface area contributed by atoms with E-state index < -0.39 is 77.1 Å². The third kappa shape index (κ3) is 8.43. The molecule has 1 aliphatic rings. The van der Waals surface area contributed by atoms with Crippen LogP contribution in [0.2, 0.25) is 0 Å². The van der Waals surface area contributed by atoms with Gasteiger partial charge in [-0.25, -0.2) is 8.78 Å². The molecule has 1 fully saturated rings. The second-order valence-corrected chi connectivity index (χ2v) is 12.2. The van der Waals surface area contributed by atoms with Gasteiger partial charge < -0.3 is 25.0 Å². The maximum atomic E-state index is 14.3. The molecule has 6 rings (SSSR count). The van der Waals surface area contributed by atoms with E-state index in [2.05, 4.69) is 0 Å². The summed E-state index contributed by atoms with van der Waals surface area (Å²) in [4.78, 5) is 36.3. The van der Waals surface area contributed by atoms with Crippen molar-refractivity contribution in [2.75, 3.05) is 24.7 Å². The number of carbonyl (C=O) groups is 2. The number of anilines is 1. The standard InChI is InChI=1S/C24H18F3NO3.C13H13F5N2O2/c1-28-19-11-3-2-7-18(19)22(24(25,26)27)21(23(28)31)17-10-5-8-15-14(12-13-20(29)30)6-4-9-16(15)17;14-9-3-7(4-10(15)11(9)12(19)21)20(8-5-22-6-8)2-1-13(16,17)18/h2-11H,12-13H2,1H3,(H,29,30);3-4,8H,1-2,5-6H2,(H2,19,21). The minimum Gasteiger partial charge on any atom is -0.481 e. The van der Waals surface area contributed by atoms with Gasteiger partial charge in [0.05, 0.1) is 42.3 Å². The number of benzene rings is 4. The number of carboxylic acid groups (broad SMARTS) is 1. The number of hydrogen-bond acceptors (Lipinski definition) is 5. The van der Waals surface area contributed by atoms with Crippen LogP contribution >= 0.6 is 0 Å². The number of aryl methyl sites for hydroxylation is 2. The number of amides is 1. The van der Waals surface area contributed by atoms with E-state index in [-0.39, 0.29) is 48.2 Å². The Hall–Kier alpha value is -5.51. The summed E-state index contributed by atoms with van der Waals surface area (Å²) in [5.41, 5.74) is 2.82. The molecular weight excluding hydrogens is 718 g/mol. The normalized spacial score (nSPS) is 13.4. The van der Waals surface area contributed by atoms with Gasteiger partial charge >= 0.3 is 18.3 Å². The van der Waals surface area contributed by atoms with Gasteiger partial charge in [-0.15, -0.1) is 0 Å². The first-order chi connectivity index (χ1) is 24.9. The van der Waals surface area contributed by atoms with Gasteiger partial charge in [0.2, 0.25) is 0 Å². The number of nitrogens with zero attached hydrogens (tertiary/aromatic N) is 2. The van der Waals surface area contributed by atoms with Gasteiger partial charge in [-0.2, -0.15) is 26.3 Å². The molecule has 1 saturated heterocycles. The molecule has 0 bridgehead atoms. The van der Waals surface area contributed by atoms with E-state index in [1.807, 2.05) is 0 Å². The highest BCUT2D eigenvalue weighted by Gasteiger charge is 2.38. The van der Waals surface area contributed by atoms with Crippen molar-refractivity contribution in [2.45, 2.75) is 37.7 Å². The van der Waals surface area contributed by atoms with Gasteiger partial charge in [0, 0.05) is 31.1 Å². The molecule has 1 aliphatic heterocycles. The Balaban J connectivity index is 0.000000217. The molecule has 0 radical (unpaired) electrons. The molecule has 0 aliphatic carbocycles. The van der Waals surface area contributed by atoms with Crippen molar-refractivity contribution in [2.24, 2.45) is 12.8 Å². The van der Waals surface area contributed by atoms with E-state index in [9.17, 15) is 49.5 Å². The summed E-state index contributed by atoms with van der Waals surface area (Å²) in [7, 11) is 1.46. The third-order valence-electron chi connectivity index (χ3n) is 8.78. The molecule has 0 unspecified atom stereocenters. The summed E-state index contributed by atoms with van der Waals surface area (Å²) in [6.07, 6.45) is -10.1. The van der Waals surface area contributed by atoms with Crippen LogP contribution in [0.4, 0.5) is 40.8 Å². The minimum atomic E-state index is -4.74. The van der Waals surface area contributed by atoms with Gasteiger partial charge in [-0.05, 0) is 46.5 Å². The lowest BCUT2D eigenvalue weighted by atomic mass is 9.91. The Bertz CT molecular complexity index is 2220. The highest BCUT2D eigenvalue weighted by Crippen LogP contribution is 2.42. The van der Waals surface area contributed by atoms with Crippen LogP contribution in [-0.2, 0) is 29.2 Å². The van der Waals surface area contributed by atoms with Crippen LogP contribution in [0.5, 0.6) is 0 Å². The zero-order valence-corrected chi connectivity index (χ0v) is 27.8. The average Bonchev–Trinajstić information content (AvgIpc) is 3.04. The number of alkyl halides is 6. The highest BCUT2D eigenvalue weighted by atomic mass is 19.4. The zero-order valence-electron chi connectivity index (χ0n) is 27.8. The second kappa shape index (κ2) is 15.2. The van der Waals surface area contributed by atoms with Crippen molar-refractivity contribution in [1.82, 2.24) is 4.57 Å². The van der Waals surface area contributed by atoms with Crippen molar-refractivity contribution >= 4 is 39.2 Å². The topological polar surface area (TPSA) is 115 Å². The lowest BCUT2D eigenvalue weighted by Crippen LogP contribution is -2.50. The fourth-order valence-electron chi connectivity index (χ4n) is 6.23. The van der Waals surface area contributed by atoms with Crippen LogP contribution in [0, 0.1) is 11.6 Å². The molecule has 0 saturated carbocycles. The molecule has 0 spiro atoms. The summed E-state index contributed by atoms with van der Waals surface area (Å²) in [5, 5.41) is 10.1. The summed E-state index contributed by atoms with van der Waals surface area (Å²) in [6.45, 7) is -0.135. The van der Waals surface area contributed by atoms with Crippen molar-refractivity contribution in [3.05, 3.63) is 111 Å². The fourth-order valence-corrected chi connectivity index (χ4v) is 6.23. The van der Waals surface area contributed by atoms with Gasteiger partial charge in [-0.1, -0.05) is 54.6 Å². The molecule has 16 heteroatoms. The van der Waals surface area contributed by atoms with Crippen molar-refractivity contribution in [1.29, 1.82) is 0 Å². The number of pyridine rings is 1. The first kappa shape index (κ1) is 38.7. The maximum absolute atomic E-state index is 14.3. The molecule has 53 heavy (non-hydrogen) atoms. The first-order valence-electron chi connectivity index (χ1n) is 16.0. The summed E-state index contributed by atoms with van der Waals surface area (Å²) in [6, 6.07) is 17.1. The Kier molecular flexibility index (Phi) is 11.1. The molecule has 3 N–H and O–H groups in total. The van der Waals surface area contributed by atoms with Gasteiger partial charge in [0.1, 0.15) is 17.2 Å². The lowest BCUT2D eigenvalue weighted by Gasteiger charge is -2.39. The number of carbonyl (C=O) groups excluding carboxylic acids is 1. The molecule has 5 aromatic rings. The average molecular weight is 750 g/mol. The number of fused-ring (bicyclic) bond motifs is 2. The van der Waals surface area contributed by atoms with Crippen LogP contribution in [-0.4, -0.2) is 53.5 Å². The number of aliphatic carboxylic acids is 1. The Morgan fingerprint density at radius 1 is 0.906 bits per heavy atom. The van der Waals surface area contributed by atoms with Gasteiger partial charge in [0.25, 0.3) is 11.5 Å². The van der Waals surface area contributed by atoms with E-state index >= 15 is 0 Å². The van der Waals surface area contributed by atoms with E-state index in [1.165, 1.54) is 40.8 Å². The molecule has 1 amide bonds.